The van der Waals surface area contributed by atoms with Crippen molar-refractivity contribution in [2.45, 2.75) is 65.5 Å². The molecule has 1 saturated heterocycles. The SMILES string of the molecule is C.C1CCOC1.COC(=O)C(=O)c1cn2c3c(cccc13)CCC2.NC(=O)Cc1c[nH]c2ccccc12.O=C1NC(=O)C(c2cn3c4c(cccc24)CCC3)=C1c1c[nH]c2ccccc12. The van der Waals surface area contributed by atoms with Crippen molar-refractivity contribution in [3.63, 3.8) is 0 Å². The number of carbonyl (C=O) groups excluding carboxylic acids is 5. The smallest absolute Gasteiger partial charge is 0.379 e. The van der Waals surface area contributed by atoms with Crippen molar-refractivity contribution in [2.75, 3.05) is 20.3 Å². The minimum atomic E-state index is -0.807. The fourth-order valence-electron chi connectivity index (χ4n) is 9.32. The second kappa shape index (κ2) is 19.1. The number of hydrogen-bond acceptors (Lipinski definition) is 7. The summed E-state index contributed by atoms with van der Waals surface area (Å²) in [6.45, 7) is 3.82. The number of esters is 1. The molecule has 0 radical (unpaired) electrons. The van der Waals surface area contributed by atoms with Crippen LogP contribution in [0.5, 0.6) is 0 Å². The van der Waals surface area contributed by atoms with Gasteiger partial charge in [-0.1, -0.05) is 80.2 Å². The number of aryl methyl sites for hydroxylation is 4. The van der Waals surface area contributed by atoms with Gasteiger partial charge < -0.3 is 34.3 Å². The molecule has 0 saturated carbocycles. The normalized spacial score (nSPS) is 14.8. The van der Waals surface area contributed by atoms with Crippen molar-refractivity contribution in [3.8, 4) is 0 Å². The van der Waals surface area contributed by atoms with Gasteiger partial charge in [0.1, 0.15) is 0 Å². The predicted molar refractivity (Wildman–Crippen MR) is 253 cm³/mol. The third-order valence-corrected chi connectivity index (χ3v) is 12.2. The largest absolute Gasteiger partial charge is 0.463 e. The third-order valence-electron chi connectivity index (χ3n) is 12.2. The molecule has 8 heterocycles. The third kappa shape index (κ3) is 8.62. The van der Waals surface area contributed by atoms with Gasteiger partial charge in [-0.15, -0.1) is 0 Å². The van der Waals surface area contributed by atoms with E-state index < -0.39 is 11.8 Å². The Labute approximate surface area is 375 Å². The molecule has 0 spiro atoms. The molecule has 4 aromatic heterocycles. The lowest BCUT2D eigenvalue weighted by Gasteiger charge is -2.14. The summed E-state index contributed by atoms with van der Waals surface area (Å²) in [7, 11) is 1.23. The molecule has 3 amide bonds. The molecule has 13 nitrogen and oxygen atoms in total. The summed E-state index contributed by atoms with van der Waals surface area (Å²) in [5.74, 6) is -2.34. The molecule has 65 heavy (non-hydrogen) atoms. The Kier molecular flexibility index (Phi) is 12.9. The average Bonchev–Trinajstić information content (AvgIpc) is 4.19. The lowest BCUT2D eigenvalue weighted by atomic mass is 9.94. The van der Waals surface area contributed by atoms with Crippen LogP contribution in [0.1, 0.15) is 71.3 Å². The Morgan fingerprint density at radius 2 is 1.22 bits per heavy atom. The van der Waals surface area contributed by atoms with Gasteiger partial charge in [0.2, 0.25) is 5.91 Å². The number of ketones is 1. The van der Waals surface area contributed by atoms with Crippen molar-refractivity contribution in [1.29, 1.82) is 0 Å². The van der Waals surface area contributed by atoms with Crippen LogP contribution < -0.4 is 11.1 Å². The number of fused-ring (bicyclic) bond motifs is 2. The Balaban J connectivity index is 0.000000134. The molecular formula is C52H52N6O7. The number of benzene rings is 4. The molecule has 4 aromatic carbocycles. The number of amides is 3. The van der Waals surface area contributed by atoms with Crippen LogP contribution in [0.3, 0.4) is 0 Å². The maximum absolute atomic E-state index is 12.9. The molecule has 0 bridgehead atoms. The lowest BCUT2D eigenvalue weighted by molar-refractivity contribution is -0.135. The summed E-state index contributed by atoms with van der Waals surface area (Å²) in [6.07, 6.45) is 14.5. The standard InChI is InChI=1S/C23H17N3O2.C14H13NO3.C10H10N2O.C4H8O.CH4/c27-22-19(16-11-24-18-9-2-1-7-14(16)18)20(23(28)25-22)17-12-26-10-4-6-13-5-3-8-15(17)21(13)26;1-18-14(17)13(16)11-8-15-7-3-5-9-4-2-6-10(11)12(9)15;11-10(13)5-7-6-12-9-4-2-1-3-8(7)9;1-2-4-5-3-1;/h1-3,5,7-9,11-12,24H,4,6,10H2,(H,25,27,28);2,4,6,8H,3,5,7H2,1H3;1-4,6,12H,5H2,(H2,11,13);1-4H2;1H4. The van der Waals surface area contributed by atoms with Crippen molar-refractivity contribution in [3.05, 3.63) is 143 Å². The van der Waals surface area contributed by atoms with Gasteiger partial charge in [0.15, 0.2) is 0 Å². The highest BCUT2D eigenvalue weighted by Crippen LogP contribution is 2.40. The maximum atomic E-state index is 12.9. The zero-order chi connectivity index (χ0) is 44.3. The molecule has 0 aliphatic carbocycles. The van der Waals surface area contributed by atoms with Crippen LogP contribution in [-0.4, -0.2) is 68.9 Å². The zero-order valence-electron chi connectivity index (χ0n) is 35.5. The van der Waals surface area contributed by atoms with Gasteiger partial charge in [0.05, 0.1) is 41.3 Å². The molecule has 13 heteroatoms. The van der Waals surface area contributed by atoms with Crippen molar-refractivity contribution in [2.24, 2.45) is 5.73 Å². The van der Waals surface area contributed by atoms with Gasteiger partial charge in [0.25, 0.3) is 17.6 Å². The van der Waals surface area contributed by atoms with E-state index in [9.17, 15) is 24.0 Å². The van der Waals surface area contributed by atoms with E-state index in [1.54, 1.807) is 6.20 Å². The molecule has 5 N–H and O–H groups in total. The van der Waals surface area contributed by atoms with Gasteiger partial charge in [-0.25, -0.2) is 4.79 Å². The molecule has 0 atom stereocenters. The van der Waals surface area contributed by atoms with Crippen LogP contribution >= 0.6 is 0 Å². The highest BCUT2D eigenvalue weighted by molar-refractivity contribution is 6.51. The fraction of sp³-hybridized carbons (Fsp3) is 0.250. The van der Waals surface area contributed by atoms with E-state index in [4.69, 9.17) is 10.5 Å². The predicted octanol–water partition coefficient (Wildman–Crippen LogP) is 8.21. The summed E-state index contributed by atoms with van der Waals surface area (Å²) >= 11 is 0. The van der Waals surface area contributed by atoms with Crippen LogP contribution in [0.15, 0.2) is 110 Å². The molecule has 12 rings (SSSR count). The summed E-state index contributed by atoms with van der Waals surface area (Å²) in [6, 6.07) is 27.8. The number of aromatic amines is 2. The second-order valence-electron chi connectivity index (χ2n) is 16.2. The first-order valence-electron chi connectivity index (χ1n) is 21.6. The Hall–Kier alpha value is -7.51. The zero-order valence-corrected chi connectivity index (χ0v) is 35.5. The van der Waals surface area contributed by atoms with Crippen LogP contribution in [0.2, 0.25) is 0 Å². The van der Waals surface area contributed by atoms with Crippen molar-refractivity contribution >= 4 is 84.2 Å². The fourth-order valence-corrected chi connectivity index (χ4v) is 9.32. The van der Waals surface area contributed by atoms with Crippen LogP contribution in [-0.2, 0) is 61.0 Å². The van der Waals surface area contributed by atoms with Gasteiger partial charge in [-0.05, 0) is 67.3 Å². The number of imide groups is 1. The maximum Gasteiger partial charge on any atom is 0.379 e. The van der Waals surface area contributed by atoms with E-state index in [0.717, 1.165) is 107 Å². The Bertz CT molecular complexity index is 3150. The average molecular weight is 873 g/mol. The lowest BCUT2D eigenvalue weighted by Crippen LogP contribution is -2.22. The molecule has 1 fully saturated rings. The number of primary amides is 1. The number of nitrogens with zero attached hydrogens (tertiary/aromatic N) is 2. The summed E-state index contributed by atoms with van der Waals surface area (Å²) in [5.41, 5.74) is 15.8. The molecule has 0 unspecified atom stereocenters. The monoisotopic (exact) mass is 872 g/mol. The van der Waals surface area contributed by atoms with E-state index >= 15 is 0 Å². The van der Waals surface area contributed by atoms with E-state index in [-0.39, 0.29) is 25.1 Å². The number of para-hydroxylation sites is 4. The molecule has 4 aliphatic rings. The van der Waals surface area contributed by atoms with Crippen molar-refractivity contribution < 1.29 is 33.4 Å². The number of H-pyrrole nitrogens is 2. The highest BCUT2D eigenvalue weighted by Gasteiger charge is 2.35. The van der Waals surface area contributed by atoms with Crippen LogP contribution in [0, 0.1) is 0 Å². The van der Waals surface area contributed by atoms with Gasteiger partial charge in [0, 0.05) is 94.8 Å². The van der Waals surface area contributed by atoms with E-state index in [1.807, 2.05) is 91.4 Å². The first-order chi connectivity index (χ1) is 31.2. The number of Topliss-reactive ketones (excluding diaryl/α,β-unsaturated/α-hetero) is 1. The van der Waals surface area contributed by atoms with Gasteiger partial charge in [-0.3, -0.25) is 24.5 Å². The van der Waals surface area contributed by atoms with Gasteiger partial charge in [-0.2, -0.15) is 0 Å². The number of methoxy groups -OCH3 is 1. The number of nitrogens with one attached hydrogen (secondary N) is 3. The Morgan fingerprint density at radius 1 is 0.662 bits per heavy atom. The number of ether oxygens (including phenoxy) is 2. The first-order valence-corrected chi connectivity index (χ1v) is 21.6. The topological polar surface area (TPSA) is 183 Å². The van der Waals surface area contributed by atoms with E-state index in [0.29, 0.717) is 23.1 Å². The van der Waals surface area contributed by atoms with Crippen LogP contribution in [0.25, 0.3) is 54.8 Å². The van der Waals surface area contributed by atoms with Gasteiger partial charge >= 0.3 is 5.97 Å². The molecular weight excluding hydrogens is 821 g/mol. The number of nitrogens with two attached hydrogens (primary N) is 1. The minimum absolute atomic E-state index is 0. The summed E-state index contributed by atoms with van der Waals surface area (Å²) in [4.78, 5) is 66.0. The van der Waals surface area contributed by atoms with Crippen molar-refractivity contribution in [1.82, 2.24) is 24.4 Å². The first kappa shape index (κ1) is 44.1. The number of carbonyl (C=O) groups is 5. The molecule has 332 valence electrons. The van der Waals surface area contributed by atoms with Crippen LogP contribution in [0.4, 0.5) is 0 Å². The molecule has 8 aromatic rings. The van der Waals surface area contributed by atoms with E-state index in [1.165, 1.54) is 36.6 Å². The Morgan fingerprint density at radius 3 is 1.85 bits per heavy atom. The minimum Gasteiger partial charge on any atom is -0.463 e. The quantitative estimate of drug-likeness (QED) is 0.0562. The number of aromatic nitrogens is 4. The van der Waals surface area contributed by atoms with E-state index in [2.05, 4.69) is 41.3 Å². The highest BCUT2D eigenvalue weighted by atomic mass is 16.5. The number of rotatable bonds is 6. The second-order valence-corrected chi connectivity index (χ2v) is 16.2. The summed E-state index contributed by atoms with van der Waals surface area (Å²) in [5, 5.41) is 6.41. The number of hydrogen-bond donors (Lipinski definition) is 4. The summed E-state index contributed by atoms with van der Waals surface area (Å²) < 4.78 is 13.7. The molecule has 4 aliphatic heterocycles.